The molecule has 0 aliphatic rings. The van der Waals surface area contributed by atoms with Crippen LogP contribution in [0.25, 0.3) is 0 Å². The second kappa shape index (κ2) is 8.53. The van der Waals surface area contributed by atoms with Crippen molar-refractivity contribution in [3.05, 3.63) is 28.5 Å². The number of carbonyl (C=O) groups excluding carboxylic acids is 2. The highest BCUT2D eigenvalue weighted by Crippen LogP contribution is 2.11. The van der Waals surface area contributed by atoms with Crippen molar-refractivity contribution in [2.45, 2.75) is 33.1 Å². The summed E-state index contributed by atoms with van der Waals surface area (Å²) in [5, 5.41) is 5.75. The first-order valence-corrected chi connectivity index (χ1v) is 7.16. The monoisotopic (exact) mass is 297 g/mol. The number of pyridine rings is 1. The van der Waals surface area contributed by atoms with Crippen molar-refractivity contribution in [2.24, 2.45) is 0 Å². The van der Waals surface area contributed by atoms with Crippen LogP contribution in [0.1, 0.15) is 42.7 Å². The van der Waals surface area contributed by atoms with Gasteiger partial charge in [-0.3, -0.25) is 9.59 Å². The molecule has 1 aromatic rings. The zero-order valence-electron chi connectivity index (χ0n) is 11.8. The molecular formula is C14H20ClN3O2. The van der Waals surface area contributed by atoms with Crippen LogP contribution in [0.5, 0.6) is 0 Å². The number of nitrogens with one attached hydrogen (secondary N) is 2. The van der Waals surface area contributed by atoms with Gasteiger partial charge in [0.2, 0.25) is 5.91 Å². The average Bonchev–Trinajstić information content (AvgIpc) is 2.44. The first-order valence-electron chi connectivity index (χ1n) is 6.78. The summed E-state index contributed by atoms with van der Waals surface area (Å²) in [5.74, 6) is -0.304. The molecule has 0 atom stereocenters. The first-order chi connectivity index (χ1) is 9.56. The molecule has 0 aliphatic heterocycles. The topological polar surface area (TPSA) is 71.1 Å². The van der Waals surface area contributed by atoms with Gasteiger partial charge in [0.25, 0.3) is 5.91 Å². The largest absolute Gasteiger partial charge is 0.356 e. The van der Waals surface area contributed by atoms with E-state index in [1.807, 2.05) is 13.8 Å². The van der Waals surface area contributed by atoms with Crippen molar-refractivity contribution in [1.82, 2.24) is 15.6 Å². The number of aromatic nitrogens is 1. The average molecular weight is 298 g/mol. The second-order valence-corrected chi connectivity index (χ2v) is 4.77. The number of nitrogens with zero attached hydrogens (tertiary/aromatic N) is 1. The second-order valence-electron chi connectivity index (χ2n) is 4.38. The van der Waals surface area contributed by atoms with E-state index in [4.69, 9.17) is 11.6 Å². The molecule has 1 rings (SSSR count). The van der Waals surface area contributed by atoms with E-state index in [9.17, 15) is 9.59 Å². The fourth-order valence-corrected chi connectivity index (χ4v) is 1.83. The number of halogens is 1. The predicted octanol–water partition coefficient (Wildman–Crippen LogP) is 1.94. The van der Waals surface area contributed by atoms with Gasteiger partial charge in [-0.2, -0.15) is 0 Å². The molecule has 0 aliphatic carbocycles. The third-order valence-corrected chi connectivity index (χ3v) is 2.87. The molecule has 0 bridgehead atoms. The molecule has 0 aromatic carbocycles. The van der Waals surface area contributed by atoms with Crippen molar-refractivity contribution in [3.8, 4) is 0 Å². The molecule has 2 N–H and O–H groups in total. The lowest BCUT2D eigenvalue weighted by atomic mass is 10.2. The lowest BCUT2D eigenvalue weighted by Crippen LogP contribution is -2.31. The number of rotatable bonds is 7. The summed E-state index contributed by atoms with van der Waals surface area (Å²) in [4.78, 5) is 27.4. The van der Waals surface area contributed by atoms with Gasteiger partial charge in [-0.25, -0.2) is 4.98 Å². The zero-order chi connectivity index (χ0) is 15.0. The van der Waals surface area contributed by atoms with Crippen LogP contribution in [0, 0.1) is 0 Å². The Kier molecular flexibility index (Phi) is 7.01. The van der Waals surface area contributed by atoms with E-state index in [2.05, 4.69) is 15.6 Å². The third-order valence-electron chi connectivity index (χ3n) is 2.68. The molecular weight excluding hydrogens is 278 g/mol. The Morgan fingerprint density at radius 3 is 2.60 bits per heavy atom. The van der Waals surface area contributed by atoms with Gasteiger partial charge in [0, 0.05) is 30.8 Å². The van der Waals surface area contributed by atoms with Crippen LogP contribution in [0.2, 0.25) is 5.15 Å². The van der Waals surface area contributed by atoms with Crippen LogP contribution < -0.4 is 10.6 Å². The highest BCUT2D eigenvalue weighted by molar-refractivity contribution is 6.29. The van der Waals surface area contributed by atoms with Crippen LogP contribution >= 0.6 is 11.6 Å². The predicted molar refractivity (Wildman–Crippen MR) is 78.9 cm³/mol. The van der Waals surface area contributed by atoms with E-state index in [0.29, 0.717) is 30.2 Å². The van der Waals surface area contributed by atoms with Crippen LogP contribution in [0.3, 0.4) is 0 Å². The molecule has 1 aromatic heterocycles. The van der Waals surface area contributed by atoms with Crippen LogP contribution in [-0.4, -0.2) is 29.9 Å². The number of carbonyl (C=O) groups is 2. The minimum absolute atomic E-state index is 0.0610. The minimum atomic E-state index is -0.243. The molecule has 0 saturated heterocycles. The quantitative estimate of drug-likeness (QED) is 0.756. The third kappa shape index (κ3) is 5.57. The molecule has 2 amide bonds. The Bertz CT molecular complexity index is 477. The SMILES string of the molecule is CCCNC(=O)CCNC(=O)c1cc(Cl)nc(CC)c1. The first kappa shape index (κ1) is 16.4. The van der Waals surface area contributed by atoms with E-state index in [-0.39, 0.29) is 18.2 Å². The molecule has 110 valence electrons. The van der Waals surface area contributed by atoms with E-state index in [0.717, 1.165) is 12.1 Å². The Morgan fingerprint density at radius 2 is 1.95 bits per heavy atom. The van der Waals surface area contributed by atoms with Gasteiger partial charge in [0.1, 0.15) is 5.15 Å². The van der Waals surface area contributed by atoms with Gasteiger partial charge < -0.3 is 10.6 Å². The lowest BCUT2D eigenvalue weighted by Gasteiger charge is -2.07. The van der Waals surface area contributed by atoms with Crippen molar-refractivity contribution < 1.29 is 9.59 Å². The molecule has 20 heavy (non-hydrogen) atoms. The molecule has 0 saturated carbocycles. The van der Waals surface area contributed by atoms with Gasteiger partial charge in [-0.15, -0.1) is 0 Å². The maximum absolute atomic E-state index is 11.9. The van der Waals surface area contributed by atoms with E-state index < -0.39 is 0 Å². The number of aryl methyl sites for hydroxylation is 1. The minimum Gasteiger partial charge on any atom is -0.356 e. The van der Waals surface area contributed by atoms with Gasteiger partial charge >= 0.3 is 0 Å². The summed E-state index contributed by atoms with van der Waals surface area (Å²) in [7, 11) is 0. The summed E-state index contributed by atoms with van der Waals surface area (Å²) in [6, 6.07) is 3.23. The smallest absolute Gasteiger partial charge is 0.251 e. The number of hydrogen-bond donors (Lipinski definition) is 2. The van der Waals surface area contributed by atoms with E-state index in [1.165, 1.54) is 6.07 Å². The van der Waals surface area contributed by atoms with Gasteiger partial charge in [-0.1, -0.05) is 25.4 Å². The lowest BCUT2D eigenvalue weighted by molar-refractivity contribution is -0.120. The summed E-state index contributed by atoms with van der Waals surface area (Å²) < 4.78 is 0. The van der Waals surface area contributed by atoms with Crippen LogP contribution in [-0.2, 0) is 11.2 Å². The summed E-state index contributed by atoms with van der Waals surface area (Å²) in [5.41, 5.74) is 1.24. The molecule has 1 heterocycles. The normalized spacial score (nSPS) is 10.2. The maximum atomic E-state index is 11.9. The van der Waals surface area contributed by atoms with Crippen LogP contribution in [0.15, 0.2) is 12.1 Å². The summed E-state index contributed by atoms with van der Waals surface area (Å²) in [6.07, 6.45) is 1.87. The van der Waals surface area contributed by atoms with Gasteiger partial charge in [0.15, 0.2) is 0 Å². The Balaban J connectivity index is 2.47. The molecule has 5 nitrogen and oxygen atoms in total. The fraction of sp³-hybridized carbons (Fsp3) is 0.500. The number of hydrogen-bond acceptors (Lipinski definition) is 3. The molecule has 0 spiro atoms. The maximum Gasteiger partial charge on any atom is 0.251 e. The summed E-state index contributed by atoms with van der Waals surface area (Å²) >= 11 is 5.86. The van der Waals surface area contributed by atoms with Crippen molar-refractivity contribution in [3.63, 3.8) is 0 Å². The highest BCUT2D eigenvalue weighted by atomic mass is 35.5. The Hall–Kier alpha value is -1.62. The van der Waals surface area contributed by atoms with E-state index in [1.54, 1.807) is 6.07 Å². The van der Waals surface area contributed by atoms with Crippen molar-refractivity contribution >= 4 is 23.4 Å². The van der Waals surface area contributed by atoms with Gasteiger partial charge in [0.05, 0.1) is 0 Å². The summed E-state index contributed by atoms with van der Waals surface area (Å²) in [6.45, 7) is 4.89. The van der Waals surface area contributed by atoms with Gasteiger partial charge in [-0.05, 0) is 25.0 Å². The fourth-order valence-electron chi connectivity index (χ4n) is 1.61. The number of amides is 2. The zero-order valence-corrected chi connectivity index (χ0v) is 12.6. The molecule has 0 radical (unpaired) electrons. The molecule has 0 unspecified atom stereocenters. The molecule has 0 fully saturated rings. The van der Waals surface area contributed by atoms with Crippen LogP contribution in [0.4, 0.5) is 0 Å². The Labute approximate surface area is 124 Å². The van der Waals surface area contributed by atoms with E-state index >= 15 is 0 Å². The standard InChI is InChI=1S/C14H20ClN3O2/c1-3-6-16-13(19)5-7-17-14(20)10-8-11(4-2)18-12(15)9-10/h8-9H,3-7H2,1-2H3,(H,16,19)(H,17,20). The highest BCUT2D eigenvalue weighted by Gasteiger charge is 2.09. The Morgan fingerprint density at radius 1 is 1.20 bits per heavy atom. The van der Waals surface area contributed by atoms with Crippen molar-refractivity contribution in [2.75, 3.05) is 13.1 Å². The molecule has 6 heteroatoms. The van der Waals surface area contributed by atoms with Crippen molar-refractivity contribution in [1.29, 1.82) is 0 Å².